The zero-order valence-electron chi connectivity index (χ0n) is 9.30. The first-order valence-electron chi connectivity index (χ1n) is 5.14. The van der Waals surface area contributed by atoms with Gasteiger partial charge in [0, 0.05) is 0 Å². The van der Waals surface area contributed by atoms with Gasteiger partial charge in [-0.1, -0.05) is 46.3 Å². The highest BCUT2D eigenvalue weighted by Gasteiger charge is 2.12. The Hall–Kier alpha value is -0.770. The molecule has 0 aliphatic rings. The van der Waals surface area contributed by atoms with E-state index in [0.29, 0.717) is 0 Å². The molecule has 74 valence electrons. The lowest BCUT2D eigenvalue weighted by Crippen LogP contribution is -2.07. The number of hydrogen-bond donors (Lipinski definition) is 0. The highest BCUT2D eigenvalue weighted by Crippen LogP contribution is 2.24. The van der Waals surface area contributed by atoms with E-state index in [4.69, 9.17) is 5.26 Å². The summed E-state index contributed by atoms with van der Waals surface area (Å²) in [7, 11) is 0. The van der Waals surface area contributed by atoms with Gasteiger partial charge in [-0.3, -0.25) is 0 Å². The molecule has 1 atom stereocenters. The molecule has 0 aliphatic carbocycles. The van der Waals surface area contributed by atoms with Crippen LogP contribution in [-0.2, 0) is 0 Å². The summed E-state index contributed by atoms with van der Waals surface area (Å²) in [5, 5.41) is 8.75. The van der Waals surface area contributed by atoms with Crippen molar-refractivity contribution in [1.29, 1.82) is 5.26 Å². The minimum atomic E-state index is 0.0936. The predicted molar refractivity (Wildman–Crippen MR) is 57.2 cm³/mol. The monoisotopic (exact) mass is 179 g/mol. The van der Waals surface area contributed by atoms with Crippen molar-refractivity contribution < 1.29 is 0 Å². The quantitative estimate of drug-likeness (QED) is 0.587. The smallest absolute Gasteiger partial charge is 0.0697 e. The molecule has 0 aromatic rings. The molecule has 1 heteroatoms. The predicted octanol–water partition coefficient (Wildman–Crippen LogP) is 3.92. The van der Waals surface area contributed by atoms with Gasteiger partial charge in [-0.2, -0.15) is 5.26 Å². The first-order chi connectivity index (χ1) is 6.05. The van der Waals surface area contributed by atoms with Crippen LogP contribution in [0.2, 0.25) is 0 Å². The van der Waals surface area contributed by atoms with E-state index in [0.717, 1.165) is 6.42 Å². The summed E-state index contributed by atoms with van der Waals surface area (Å²) in [6.45, 7) is 8.68. The standard InChI is InChI=1S/C12H21N/c1-5-8-12(3,4)9-7-11(6-2)10-13/h7,9,11H,5-6,8H2,1-4H3/b9-7-/t11-/m0/s1. The Balaban J connectivity index is 4.16. The van der Waals surface area contributed by atoms with Crippen molar-refractivity contribution in [3.63, 3.8) is 0 Å². The number of hydrogen-bond acceptors (Lipinski definition) is 1. The molecule has 0 saturated heterocycles. The molecule has 0 aromatic heterocycles. The van der Waals surface area contributed by atoms with Crippen LogP contribution < -0.4 is 0 Å². The molecule has 0 aromatic carbocycles. The Bertz CT molecular complexity index is 196. The second-order valence-corrected chi connectivity index (χ2v) is 4.24. The fraction of sp³-hybridized carbons (Fsp3) is 0.750. The molecule has 13 heavy (non-hydrogen) atoms. The van der Waals surface area contributed by atoms with Gasteiger partial charge in [-0.05, 0) is 18.3 Å². The summed E-state index contributed by atoms with van der Waals surface area (Å²) in [6.07, 6.45) is 7.53. The van der Waals surface area contributed by atoms with Gasteiger partial charge in [0.25, 0.3) is 0 Å². The van der Waals surface area contributed by atoms with E-state index in [-0.39, 0.29) is 11.3 Å². The number of nitrogens with zero attached hydrogens (tertiary/aromatic N) is 1. The second-order valence-electron chi connectivity index (χ2n) is 4.24. The molecule has 1 nitrogen and oxygen atoms in total. The van der Waals surface area contributed by atoms with Crippen LogP contribution in [0.1, 0.15) is 47.0 Å². The summed E-state index contributed by atoms with van der Waals surface area (Å²) >= 11 is 0. The Morgan fingerprint density at radius 3 is 2.38 bits per heavy atom. The van der Waals surface area contributed by atoms with Gasteiger partial charge >= 0.3 is 0 Å². The summed E-state index contributed by atoms with van der Waals surface area (Å²) in [4.78, 5) is 0. The minimum absolute atomic E-state index is 0.0936. The van der Waals surface area contributed by atoms with Crippen molar-refractivity contribution in [3.8, 4) is 6.07 Å². The van der Waals surface area contributed by atoms with Crippen molar-refractivity contribution in [2.45, 2.75) is 47.0 Å². The zero-order valence-corrected chi connectivity index (χ0v) is 9.30. The molecule has 0 radical (unpaired) electrons. The van der Waals surface area contributed by atoms with E-state index < -0.39 is 0 Å². The average Bonchev–Trinajstić information content (AvgIpc) is 2.06. The van der Waals surface area contributed by atoms with E-state index in [1.54, 1.807) is 0 Å². The summed E-state index contributed by atoms with van der Waals surface area (Å²) < 4.78 is 0. The van der Waals surface area contributed by atoms with E-state index >= 15 is 0 Å². The normalized spacial score (nSPS) is 14.4. The fourth-order valence-electron chi connectivity index (χ4n) is 1.37. The van der Waals surface area contributed by atoms with E-state index in [2.05, 4.69) is 39.0 Å². The van der Waals surface area contributed by atoms with Crippen molar-refractivity contribution in [3.05, 3.63) is 12.2 Å². The Labute approximate surface area is 82.5 Å². The molecule has 0 amide bonds. The van der Waals surface area contributed by atoms with Crippen molar-refractivity contribution >= 4 is 0 Å². The van der Waals surface area contributed by atoms with Gasteiger partial charge in [-0.25, -0.2) is 0 Å². The molecule has 0 aliphatic heterocycles. The fourth-order valence-corrected chi connectivity index (χ4v) is 1.37. The Morgan fingerprint density at radius 1 is 1.38 bits per heavy atom. The molecular formula is C12H21N. The topological polar surface area (TPSA) is 23.8 Å². The average molecular weight is 179 g/mol. The lowest BCUT2D eigenvalue weighted by molar-refractivity contribution is 0.429. The van der Waals surface area contributed by atoms with Crippen LogP contribution in [-0.4, -0.2) is 0 Å². The van der Waals surface area contributed by atoms with Crippen LogP contribution in [0.5, 0.6) is 0 Å². The molecule has 0 N–H and O–H groups in total. The molecule has 0 fully saturated rings. The molecule has 0 unspecified atom stereocenters. The SMILES string of the molecule is CCCC(C)(C)/C=C\[C@@H](C#N)CC. The van der Waals surface area contributed by atoms with Crippen molar-refractivity contribution in [2.75, 3.05) is 0 Å². The summed E-state index contributed by atoms with van der Waals surface area (Å²) in [6, 6.07) is 2.28. The van der Waals surface area contributed by atoms with Crippen LogP contribution in [0.3, 0.4) is 0 Å². The van der Waals surface area contributed by atoms with Crippen LogP contribution in [0.15, 0.2) is 12.2 Å². The van der Waals surface area contributed by atoms with Gasteiger partial charge in [0.1, 0.15) is 0 Å². The highest BCUT2D eigenvalue weighted by molar-refractivity contribution is 5.04. The Kier molecular flexibility index (Phi) is 5.46. The lowest BCUT2D eigenvalue weighted by Gasteiger charge is -2.19. The zero-order chi connectivity index (χ0) is 10.3. The van der Waals surface area contributed by atoms with Crippen LogP contribution in [0, 0.1) is 22.7 Å². The maximum atomic E-state index is 8.75. The Morgan fingerprint density at radius 2 is 2.00 bits per heavy atom. The third-order valence-electron chi connectivity index (χ3n) is 2.28. The maximum absolute atomic E-state index is 8.75. The number of nitriles is 1. The summed E-state index contributed by atoms with van der Waals surface area (Å²) in [5.74, 6) is 0.0936. The lowest BCUT2D eigenvalue weighted by atomic mass is 9.86. The van der Waals surface area contributed by atoms with Gasteiger partial charge in [-0.15, -0.1) is 0 Å². The highest BCUT2D eigenvalue weighted by atomic mass is 14.3. The third-order valence-corrected chi connectivity index (χ3v) is 2.28. The van der Waals surface area contributed by atoms with Gasteiger partial charge in [0.2, 0.25) is 0 Å². The third kappa shape index (κ3) is 5.47. The van der Waals surface area contributed by atoms with Crippen LogP contribution in [0.25, 0.3) is 0 Å². The largest absolute Gasteiger partial charge is 0.198 e. The first kappa shape index (κ1) is 12.2. The van der Waals surface area contributed by atoms with Gasteiger partial charge in [0.05, 0.1) is 12.0 Å². The van der Waals surface area contributed by atoms with Crippen molar-refractivity contribution in [2.24, 2.45) is 11.3 Å². The van der Waals surface area contributed by atoms with E-state index in [1.165, 1.54) is 12.8 Å². The number of rotatable bonds is 5. The summed E-state index contributed by atoms with van der Waals surface area (Å²) in [5.41, 5.74) is 0.249. The van der Waals surface area contributed by atoms with Crippen LogP contribution in [0.4, 0.5) is 0 Å². The van der Waals surface area contributed by atoms with E-state index in [1.807, 2.05) is 6.92 Å². The van der Waals surface area contributed by atoms with Gasteiger partial charge < -0.3 is 0 Å². The molecule has 0 rings (SSSR count). The minimum Gasteiger partial charge on any atom is -0.198 e. The molecule has 0 saturated carbocycles. The molecular weight excluding hydrogens is 158 g/mol. The van der Waals surface area contributed by atoms with Crippen LogP contribution >= 0.6 is 0 Å². The second kappa shape index (κ2) is 5.80. The number of allylic oxidation sites excluding steroid dienone is 2. The first-order valence-corrected chi connectivity index (χ1v) is 5.14. The molecule has 0 spiro atoms. The van der Waals surface area contributed by atoms with Crippen molar-refractivity contribution in [1.82, 2.24) is 0 Å². The van der Waals surface area contributed by atoms with Gasteiger partial charge in [0.15, 0.2) is 0 Å². The molecule has 0 heterocycles. The maximum Gasteiger partial charge on any atom is 0.0697 e. The molecule has 0 bridgehead atoms. The van der Waals surface area contributed by atoms with E-state index in [9.17, 15) is 0 Å².